The number of fused-ring (bicyclic) bond motifs is 3. The number of aryl methyl sites for hydroxylation is 1. The molecule has 2 heterocycles. The molecule has 3 heteroatoms. The summed E-state index contributed by atoms with van der Waals surface area (Å²) in [7, 11) is 1.54. The second kappa shape index (κ2) is 8.15. The van der Waals surface area contributed by atoms with Gasteiger partial charge >= 0.3 is 0 Å². The quantitative estimate of drug-likeness (QED) is 0.197. The largest absolute Gasteiger partial charge is 0.456 e. The Balaban J connectivity index is 2.01. The number of furan rings is 1. The van der Waals surface area contributed by atoms with E-state index < -0.39 is 67.0 Å². The molecule has 0 N–H and O–H groups in total. The fourth-order valence-electron chi connectivity index (χ4n) is 4.29. The van der Waals surface area contributed by atoms with Crippen molar-refractivity contribution in [3.05, 3.63) is 94.3 Å². The van der Waals surface area contributed by atoms with E-state index in [-0.39, 0.29) is 39.4 Å². The molecule has 1 atom stereocenters. The molecule has 0 bridgehead atoms. The number of pyridine rings is 1. The smallest absolute Gasteiger partial charge is 0.216 e. The second-order valence-electron chi connectivity index (χ2n) is 8.18. The Labute approximate surface area is 219 Å². The number of hydrogen-bond donors (Lipinski definition) is 0. The zero-order valence-corrected chi connectivity index (χ0v) is 19.1. The zero-order chi connectivity index (χ0) is 35.3. The van der Waals surface area contributed by atoms with Gasteiger partial charge < -0.3 is 4.42 Å². The first-order valence-corrected chi connectivity index (χ1v) is 10.6. The molecule has 3 nitrogen and oxygen atoms in total. The maximum Gasteiger partial charge on any atom is 0.216 e. The Kier molecular flexibility index (Phi) is 2.75. The lowest BCUT2D eigenvalue weighted by Crippen LogP contribution is -2.36. The van der Waals surface area contributed by atoms with Crippen LogP contribution in [0.4, 0.5) is 5.69 Å². The van der Waals surface area contributed by atoms with E-state index in [0.29, 0.717) is 21.9 Å². The van der Waals surface area contributed by atoms with E-state index in [1.807, 2.05) is 0 Å². The highest BCUT2D eigenvalue weighted by atomic mass is 16.3. The number of aromatic nitrogens is 1. The van der Waals surface area contributed by atoms with Gasteiger partial charge in [0.15, 0.2) is 11.4 Å². The van der Waals surface area contributed by atoms with Gasteiger partial charge in [0, 0.05) is 44.5 Å². The van der Waals surface area contributed by atoms with Crippen molar-refractivity contribution in [2.75, 3.05) is 0 Å². The van der Waals surface area contributed by atoms with E-state index in [9.17, 15) is 1.37 Å². The molecule has 0 amide bonds. The highest BCUT2D eigenvalue weighted by Crippen LogP contribution is 2.44. The molecular weight excluding hydrogens is 416 g/mol. The van der Waals surface area contributed by atoms with Crippen LogP contribution in [0.1, 0.15) is 59.9 Å². The van der Waals surface area contributed by atoms with Gasteiger partial charge in [-0.3, -0.25) is 0 Å². The molecule has 0 saturated heterocycles. The van der Waals surface area contributed by atoms with Crippen molar-refractivity contribution in [3.8, 4) is 22.4 Å². The molecule has 3 aromatic carbocycles. The normalized spacial score (nSPS) is 19.4. The van der Waals surface area contributed by atoms with Crippen molar-refractivity contribution < 1.29 is 26.8 Å². The van der Waals surface area contributed by atoms with Gasteiger partial charge in [-0.05, 0) is 36.4 Å². The average molecular weight is 459 g/mol. The van der Waals surface area contributed by atoms with Gasteiger partial charge in [-0.2, -0.15) is 4.57 Å². The van der Waals surface area contributed by atoms with E-state index in [2.05, 4.69) is 4.85 Å². The number of benzene rings is 3. The Morgan fingerprint density at radius 2 is 1.76 bits per heavy atom. The fourth-order valence-corrected chi connectivity index (χ4v) is 4.29. The van der Waals surface area contributed by atoms with E-state index in [4.69, 9.17) is 27.4 Å². The molecule has 5 aromatic rings. The van der Waals surface area contributed by atoms with E-state index >= 15 is 0 Å². The van der Waals surface area contributed by atoms with Crippen LogP contribution in [0.5, 0.6) is 0 Å². The fraction of sp³-hybridized carbons (Fsp3) is 0.226. The monoisotopic (exact) mass is 458 g/mol. The third-order valence-electron chi connectivity index (χ3n) is 6.17. The van der Waals surface area contributed by atoms with Crippen LogP contribution in [0.3, 0.4) is 0 Å². The lowest BCUT2D eigenvalue weighted by molar-refractivity contribution is -0.667. The lowest BCUT2D eigenvalue weighted by atomic mass is 9.93. The summed E-state index contributed by atoms with van der Waals surface area (Å²) in [6, 6.07) is 3.24. The lowest BCUT2D eigenvalue weighted by Gasteiger charge is -2.14. The minimum atomic E-state index is -3.00. The summed E-state index contributed by atoms with van der Waals surface area (Å²) in [4.78, 5) is 3.56. The summed E-state index contributed by atoms with van der Waals surface area (Å²) in [5.74, 6) is -2.49. The van der Waals surface area contributed by atoms with Gasteiger partial charge in [-0.25, -0.2) is 4.85 Å². The Hall–Kier alpha value is -3.90. The van der Waals surface area contributed by atoms with Gasteiger partial charge in [0.05, 0.1) is 20.4 Å². The van der Waals surface area contributed by atoms with Crippen molar-refractivity contribution in [3.63, 3.8) is 0 Å². The maximum absolute atomic E-state index is 9.32. The predicted octanol–water partition coefficient (Wildman–Crippen LogP) is 8.34. The first-order valence-electron chi connectivity index (χ1n) is 17.1. The molecule has 0 radical (unpaired) electrons. The minimum absolute atomic E-state index is 0.0134. The summed E-state index contributed by atoms with van der Waals surface area (Å²) >= 11 is 0. The van der Waals surface area contributed by atoms with Crippen LogP contribution in [-0.4, -0.2) is 0 Å². The molecule has 168 valence electrons. The molecule has 0 aliphatic carbocycles. The van der Waals surface area contributed by atoms with Crippen LogP contribution in [0.25, 0.3) is 49.2 Å². The second-order valence-corrected chi connectivity index (χ2v) is 8.18. The van der Waals surface area contributed by atoms with E-state index in [1.165, 1.54) is 24.6 Å². The molecular formula is C31H29N2O+. The molecule has 0 spiro atoms. The van der Waals surface area contributed by atoms with Gasteiger partial charge in [-0.15, -0.1) is 0 Å². The average Bonchev–Trinajstić information content (AvgIpc) is 3.35. The van der Waals surface area contributed by atoms with E-state index in [1.54, 1.807) is 25.1 Å². The van der Waals surface area contributed by atoms with Crippen molar-refractivity contribution in [1.29, 1.82) is 0 Å². The van der Waals surface area contributed by atoms with Crippen LogP contribution in [0.15, 0.2) is 64.9 Å². The first-order chi connectivity index (χ1) is 21.6. The Bertz CT molecular complexity index is 2170. The summed E-state index contributed by atoms with van der Waals surface area (Å²) in [6.07, 6.45) is 0. The van der Waals surface area contributed by atoms with Crippen molar-refractivity contribution in [1.82, 2.24) is 0 Å². The van der Waals surface area contributed by atoms with Crippen LogP contribution in [0.2, 0.25) is 0 Å². The van der Waals surface area contributed by atoms with Crippen molar-refractivity contribution in [2.24, 2.45) is 7.05 Å². The Morgan fingerprint density at radius 3 is 2.44 bits per heavy atom. The molecule has 0 saturated carbocycles. The highest BCUT2D eigenvalue weighted by molar-refractivity contribution is 6.15. The topological polar surface area (TPSA) is 21.4 Å². The van der Waals surface area contributed by atoms with Crippen LogP contribution in [-0.2, 0) is 7.05 Å². The molecule has 0 fully saturated rings. The standard InChI is InChI=1S/C31H29N2O/c1-18(2)25-17-27(33(7)21(5)20(25)4)28-19(3)13-14-23-24-15-16-26(32-6)29(31(24)34-30(23)28)22-11-9-8-10-12-22/h8-18H,1-5,7H3/q+1/i1D3,4D3,8D,9D,10D,11D,12D,17D,18D. The number of hydrogen-bond acceptors (Lipinski definition) is 1. The zero-order valence-electron chi connectivity index (χ0n) is 32.1. The number of rotatable bonds is 3. The first kappa shape index (κ1) is 11.5. The summed E-state index contributed by atoms with van der Waals surface area (Å²) in [5, 5.41) is 0.919. The molecule has 34 heavy (non-hydrogen) atoms. The molecule has 1 unspecified atom stereocenters. The molecule has 0 aliphatic rings. The SMILES string of the molecule is [2H]c1c([2H])c([2H])c(-c2c([N+]#[C-])ccc3c2oc2c(-c4c([2H])c(C([2H])(C)C([2H])([2H])[2H])c(C([2H])([2H])[2H])c(C)[n+]4C)c(C)ccc23)c([2H])c1[2H]. The third kappa shape index (κ3) is 3.22. The molecule has 5 rings (SSSR count). The van der Waals surface area contributed by atoms with Gasteiger partial charge in [0.2, 0.25) is 5.69 Å². The third-order valence-corrected chi connectivity index (χ3v) is 6.17. The van der Waals surface area contributed by atoms with Gasteiger partial charge in [-0.1, -0.05) is 68.3 Å². The van der Waals surface area contributed by atoms with Crippen molar-refractivity contribution in [2.45, 2.75) is 40.4 Å². The summed E-state index contributed by atoms with van der Waals surface area (Å²) < 4.78 is 117. The van der Waals surface area contributed by atoms with Gasteiger partial charge in [0.1, 0.15) is 18.2 Å². The number of nitrogens with zero attached hydrogens (tertiary/aromatic N) is 2. The Morgan fingerprint density at radius 1 is 1.06 bits per heavy atom. The van der Waals surface area contributed by atoms with E-state index in [0.717, 1.165) is 6.92 Å². The maximum atomic E-state index is 9.32. The predicted molar refractivity (Wildman–Crippen MR) is 140 cm³/mol. The van der Waals surface area contributed by atoms with Crippen LogP contribution < -0.4 is 4.57 Å². The summed E-state index contributed by atoms with van der Waals surface area (Å²) in [6.45, 7) is 6.24. The van der Waals surface area contributed by atoms with Crippen LogP contribution >= 0.6 is 0 Å². The molecule has 2 aromatic heterocycles. The molecule has 0 aliphatic heterocycles. The van der Waals surface area contributed by atoms with Crippen molar-refractivity contribution >= 4 is 27.6 Å². The highest BCUT2D eigenvalue weighted by Gasteiger charge is 2.26. The summed E-state index contributed by atoms with van der Waals surface area (Å²) in [5.41, 5.74) is 0.162. The minimum Gasteiger partial charge on any atom is -0.456 e. The van der Waals surface area contributed by atoms with Gasteiger partial charge in [0.25, 0.3) is 0 Å². The van der Waals surface area contributed by atoms with Crippen LogP contribution in [0, 0.1) is 27.3 Å².